The number of amides is 3. The molecule has 152 valence electrons. The van der Waals surface area contributed by atoms with Crippen molar-refractivity contribution in [3.05, 3.63) is 84.4 Å². The van der Waals surface area contributed by atoms with Gasteiger partial charge >= 0.3 is 0 Å². The lowest BCUT2D eigenvalue weighted by atomic mass is 10.0. The number of nitrogens with one attached hydrogen (secondary N) is 3. The number of hydrogen-bond donors (Lipinski definition) is 3. The molecule has 0 aliphatic carbocycles. The first kappa shape index (κ1) is 20.8. The molecule has 30 heavy (non-hydrogen) atoms. The van der Waals surface area contributed by atoms with Crippen molar-refractivity contribution in [3.8, 4) is 11.1 Å². The highest BCUT2D eigenvalue weighted by Crippen LogP contribution is 2.19. The molecule has 3 rings (SSSR count). The standard InChI is InChI=1S/C24H23N3O3/c1-2-22(28)26-20-9-6-10-21(15-20)27-23(29)16-25-24(30)19-13-11-18(12-14-19)17-7-4-3-5-8-17/h3-15H,2,16H2,1H3,(H,25,30)(H,26,28)(H,27,29). The zero-order valence-corrected chi connectivity index (χ0v) is 16.6. The molecule has 0 saturated heterocycles. The third-order valence-electron chi connectivity index (χ3n) is 4.41. The van der Waals surface area contributed by atoms with Crippen LogP contribution in [-0.2, 0) is 9.59 Å². The van der Waals surface area contributed by atoms with E-state index in [9.17, 15) is 14.4 Å². The molecule has 0 radical (unpaired) electrons. The zero-order chi connectivity index (χ0) is 21.3. The molecule has 6 heteroatoms. The largest absolute Gasteiger partial charge is 0.343 e. The van der Waals surface area contributed by atoms with E-state index in [0.717, 1.165) is 11.1 Å². The van der Waals surface area contributed by atoms with Gasteiger partial charge in [-0.2, -0.15) is 0 Å². The summed E-state index contributed by atoms with van der Waals surface area (Å²) in [6.07, 6.45) is 0.370. The van der Waals surface area contributed by atoms with Crippen LogP contribution < -0.4 is 16.0 Å². The van der Waals surface area contributed by atoms with Crippen molar-refractivity contribution in [2.75, 3.05) is 17.2 Å². The molecule has 0 bridgehead atoms. The minimum atomic E-state index is -0.358. The first-order valence-corrected chi connectivity index (χ1v) is 9.68. The van der Waals surface area contributed by atoms with Gasteiger partial charge in [-0.1, -0.05) is 55.5 Å². The molecule has 0 aromatic heterocycles. The number of carbonyl (C=O) groups is 3. The monoisotopic (exact) mass is 401 g/mol. The van der Waals surface area contributed by atoms with Crippen LogP contribution in [0.2, 0.25) is 0 Å². The van der Waals surface area contributed by atoms with Gasteiger partial charge in [0.1, 0.15) is 0 Å². The lowest BCUT2D eigenvalue weighted by Crippen LogP contribution is -2.32. The molecule has 0 saturated carbocycles. The van der Waals surface area contributed by atoms with E-state index in [2.05, 4.69) is 16.0 Å². The molecule has 0 fully saturated rings. The van der Waals surface area contributed by atoms with Gasteiger partial charge in [-0.15, -0.1) is 0 Å². The maximum atomic E-state index is 12.3. The van der Waals surface area contributed by atoms with Crippen LogP contribution in [-0.4, -0.2) is 24.3 Å². The second-order valence-corrected chi connectivity index (χ2v) is 6.66. The summed E-state index contributed by atoms with van der Waals surface area (Å²) in [4.78, 5) is 36.0. The summed E-state index contributed by atoms with van der Waals surface area (Å²) in [5.41, 5.74) is 3.70. The predicted octanol–water partition coefficient (Wildman–Crippen LogP) is 4.07. The number of benzene rings is 3. The second-order valence-electron chi connectivity index (χ2n) is 6.66. The topological polar surface area (TPSA) is 87.3 Å². The zero-order valence-electron chi connectivity index (χ0n) is 16.6. The van der Waals surface area contributed by atoms with E-state index >= 15 is 0 Å². The van der Waals surface area contributed by atoms with E-state index in [1.165, 1.54) is 0 Å². The molecule has 0 heterocycles. The van der Waals surface area contributed by atoms with Gasteiger partial charge in [0.2, 0.25) is 11.8 Å². The molecule has 6 nitrogen and oxygen atoms in total. The summed E-state index contributed by atoms with van der Waals surface area (Å²) in [6.45, 7) is 1.60. The SMILES string of the molecule is CCC(=O)Nc1cccc(NC(=O)CNC(=O)c2ccc(-c3ccccc3)cc2)c1. The van der Waals surface area contributed by atoms with E-state index in [1.54, 1.807) is 43.3 Å². The highest BCUT2D eigenvalue weighted by atomic mass is 16.2. The average molecular weight is 401 g/mol. The summed E-state index contributed by atoms with van der Waals surface area (Å²) in [7, 11) is 0. The van der Waals surface area contributed by atoms with Crippen molar-refractivity contribution >= 4 is 29.1 Å². The van der Waals surface area contributed by atoms with Crippen LogP contribution in [0.5, 0.6) is 0 Å². The Morgan fingerprint density at radius 2 is 1.30 bits per heavy atom. The Morgan fingerprint density at radius 3 is 1.93 bits per heavy atom. The Balaban J connectivity index is 1.53. The Morgan fingerprint density at radius 1 is 0.700 bits per heavy atom. The molecule has 0 spiro atoms. The fourth-order valence-corrected chi connectivity index (χ4v) is 2.84. The van der Waals surface area contributed by atoms with E-state index in [1.807, 2.05) is 42.5 Å². The Bertz CT molecular complexity index is 1030. The van der Waals surface area contributed by atoms with Gasteiger partial charge in [0.05, 0.1) is 6.54 Å². The molecule has 0 aliphatic rings. The molecular weight excluding hydrogens is 378 g/mol. The number of rotatable bonds is 7. The maximum absolute atomic E-state index is 12.3. The summed E-state index contributed by atoms with van der Waals surface area (Å²) >= 11 is 0. The van der Waals surface area contributed by atoms with Crippen molar-refractivity contribution in [1.82, 2.24) is 5.32 Å². The van der Waals surface area contributed by atoms with Crippen molar-refractivity contribution < 1.29 is 14.4 Å². The van der Waals surface area contributed by atoms with Gasteiger partial charge in [0.15, 0.2) is 0 Å². The summed E-state index contributed by atoms with van der Waals surface area (Å²) in [5, 5.41) is 8.05. The summed E-state index contributed by atoms with van der Waals surface area (Å²) in [5.74, 6) is -0.791. The van der Waals surface area contributed by atoms with Gasteiger partial charge < -0.3 is 16.0 Å². The summed E-state index contributed by atoms with van der Waals surface area (Å²) < 4.78 is 0. The smallest absolute Gasteiger partial charge is 0.251 e. The molecule has 3 N–H and O–H groups in total. The van der Waals surface area contributed by atoms with Gasteiger partial charge in [0, 0.05) is 23.4 Å². The van der Waals surface area contributed by atoms with Crippen LogP contribution in [0.25, 0.3) is 11.1 Å². The van der Waals surface area contributed by atoms with Crippen LogP contribution in [0.4, 0.5) is 11.4 Å². The average Bonchev–Trinajstić information content (AvgIpc) is 2.78. The van der Waals surface area contributed by atoms with Crippen LogP contribution in [0.1, 0.15) is 23.7 Å². The molecular formula is C24H23N3O3. The molecule has 3 amide bonds. The number of hydrogen-bond acceptors (Lipinski definition) is 3. The Kier molecular flexibility index (Phi) is 6.95. The second kappa shape index (κ2) is 10.0. The minimum absolute atomic E-state index is 0.107. The van der Waals surface area contributed by atoms with Gasteiger partial charge in [0.25, 0.3) is 5.91 Å². The maximum Gasteiger partial charge on any atom is 0.251 e. The molecule has 0 atom stereocenters. The van der Waals surface area contributed by atoms with Crippen LogP contribution in [0, 0.1) is 0 Å². The first-order valence-electron chi connectivity index (χ1n) is 9.68. The van der Waals surface area contributed by atoms with Gasteiger partial charge in [-0.3, -0.25) is 14.4 Å². The van der Waals surface area contributed by atoms with Gasteiger partial charge in [-0.25, -0.2) is 0 Å². The quantitative estimate of drug-likeness (QED) is 0.558. The van der Waals surface area contributed by atoms with Crippen molar-refractivity contribution in [2.45, 2.75) is 13.3 Å². The molecule has 3 aromatic carbocycles. The highest BCUT2D eigenvalue weighted by molar-refractivity contribution is 6.00. The third kappa shape index (κ3) is 5.78. The highest BCUT2D eigenvalue weighted by Gasteiger charge is 2.09. The Labute approximate surface area is 175 Å². The normalized spacial score (nSPS) is 10.2. The van der Waals surface area contributed by atoms with Crippen molar-refractivity contribution in [1.29, 1.82) is 0 Å². The third-order valence-corrected chi connectivity index (χ3v) is 4.41. The van der Waals surface area contributed by atoms with Crippen LogP contribution in [0.15, 0.2) is 78.9 Å². The van der Waals surface area contributed by atoms with E-state index in [0.29, 0.717) is 23.4 Å². The van der Waals surface area contributed by atoms with Crippen LogP contribution in [0.3, 0.4) is 0 Å². The van der Waals surface area contributed by atoms with Crippen LogP contribution >= 0.6 is 0 Å². The molecule has 3 aromatic rings. The predicted molar refractivity (Wildman–Crippen MR) is 118 cm³/mol. The van der Waals surface area contributed by atoms with Gasteiger partial charge in [-0.05, 0) is 41.5 Å². The van der Waals surface area contributed by atoms with E-state index < -0.39 is 0 Å². The van der Waals surface area contributed by atoms with Crippen molar-refractivity contribution in [3.63, 3.8) is 0 Å². The lowest BCUT2D eigenvalue weighted by molar-refractivity contribution is -0.116. The fraction of sp³-hybridized carbons (Fsp3) is 0.125. The van der Waals surface area contributed by atoms with Crippen molar-refractivity contribution in [2.24, 2.45) is 0 Å². The first-order chi connectivity index (χ1) is 14.5. The minimum Gasteiger partial charge on any atom is -0.343 e. The fourth-order valence-electron chi connectivity index (χ4n) is 2.84. The molecule has 0 aliphatic heterocycles. The summed E-state index contributed by atoms with van der Waals surface area (Å²) in [6, 6.07) is 23.9. The van der Waals surface area contributed by atoms with E-state index in [-0.39, 0.29) is 24.3 Å². The molecule has 0 unspecified atom stereocenters. The Hall–Kier alpha value is -3.93. The lowest BCUT2D eigenvalue weighted by Gasteiger charge is -2.09. The van der Waals surface area contributed by atoms with E-state index in [4.69, 9.17) is 0 Å². The number of anilines is 2. The number of carbonyl (C=O) groups excluding carboxylic acids is 3.